The molecular formula is C13H9N3O2S. The quantitative estimate of drug-likeness (QED) is 0.795. The third kappa shape index (κ3) is 2.13. The molecule has 0 aliphatic rings. The smallest absolute Gasteiger partial charge is 0.345 e. The van der Waals surface area contributed by atoms with Crippen molar-refractivity contribution >= 4 is 17.3 Å². The summed E-state index contributed by atoms with van der Waals surface area (Å²) in [5, 5.41) is 8.96. The molecule has 5 nitrogen and oxygen atoms in total. The van der Waals surface area contributed by atoms with Gasteiger partial charge in [-0.2, -0.15) is 0 Å². The normalized spacial score (nSPS) is 10.5. The summed E-state index contributed by atoms with van der Waals surface area (Å²) in [4.78, 5) is 20.3. The van der Waals surface area contributed by atoms with Crippen LogP contribution >= 0.6 is 11.3 Å². The molecule has 0 bridgehead atoms. The van der Waals surface area contributed by atoms with Gasteiger partial charge in [-0.15, -0.1) is 11.3 Å². The van der Waals surface area contributed by atoms with Crippen LogP contribution in [0.25, 0.3) is 16.4 Å². The van der Waals surface area contributed by atoms with Crippen LogP contribution < -0.4 is 0 Å². The zero-order valence-electron chi connectivity index (χ0n) is 9.72. The Bertz CT molecular complexity index is 718. The van der Waals surface area contributed by atoms with E-state index in [4.69, 9.17) is 5.11 Å². The Labute approximate surface area is 112 Å². The van der Waals surface area contributed by atoms with Crippen LogP contribution in [0.1, 0.15) is 9.67 Å². The van der Waals surface area contributed by atoms with Gasteiger partial charge < -0.3 is 5.11 Å². The van der Waals surface area contributed by atoms with Gasteiger partial charge in [-0.25, -0.2) is 9.78 Å². The van der Waals surface area contributed by atoms with Crippen LogP contribution in [0.3, 0.4) is 0 Å². The molecule has 0 spiro atoms. The van der Waals surface area contributed by atoms with E-state index in [2.05, 4.69) is 9.97 Å². The summed E-state index contributed by atoms with van der Waals surface area (Å²) in [5.41, 5.74) is 0.938. The van der Waals surface area contributed by atoms with E-state index < -0.39 is 5.97 Å². The largest absolute Gasteiger partial charge is 0.477 e. The number of aromatic carboxylic acids is 1. The molecule has 94 valence electrons. The van der Waals surface area contributed by atoms with Gasteiger partial charge in [-0.05, 0) is 24.3 Å². The van der Waals surface area contributed by atoms with E-state index in [0.29, 0.717) is 4.88 Å². The maximum Gasteiger partial charge on any atom is 0.345 e. The second-order valence-electron chi connectivity index (χ2n) is 3.80. The molecule has 0 aromatic carbocycles. The topological polar surface area (TPSA) is 68.0 Å². The first kappa shape index (κ1) is 11.6. The Kier molecular flexibility index (Phi) is 2.85. The van der Waals surface area contributed by atoms with Gasteiger partial charge in [0.15, 0.2) is 5.82 Å². The van der Waals surface area contributed by atoms with Gasteiger partial charge in [0, 0.05) is 24.8 Å². The lowest BCUT2D eigenvalue weighted by molar-refractivity contribution is 0.0702. The van der Waals surface area contributed by atoms with Gasteiger partial charge in [0.2, 0.25) is 0 Å². The highest BCUT2D eigenvalue weighted by Gasteiger charge is 2.13. The van der Waals surface area contributed by atoms with Crippen molar-refractivity contribution in [3.63, 3.8) is 0 Å². The first-order valence-electron chi connectivity index (χ1n) is 5.53. The standard InChI is InChI=1S/C13H9N3O2S/c17-13(18)11-2-1-10(19-11)12-15-7-8-16(12)9-3-5-14-6-4-9/h1-8H,(H,17,18). The number of hydrogen-bond acceptors (Lipinski definition) is 4. The van der Waals surface area contributed by atoms with Crippen molar-refractivity contribution < 1.29 is 9.90 Å². The zero-order chi connectivity index (χ0) is 13.2. The molecule has 0 radical (unpaired) electrons. The van der Waals surface area contributed by atoms with Crippen molar-refractivity contribution in [3.05, 3.63) is 53.9 Å². The molecule has 0 aliphatic carbocycles. The zero-order valence-corrected chi connectivity index (χ0v) is 10.5. The highest BCUT2D eigenvalue weighted by molar-refractivity contribution is 7.17. The molecule has 0 saturated heterocycles. The molecule has 3 heterocycles. The molecule has 0 aliphatic heterocycles. The summed E-state index contributed by atoms with van der Waals surface area (Å²) in [6.45, 7) is 0. The molecular weight excluding hydrogens is 262 g/mol. The SMILES string of the molecule is O=C(O)c1ccc(-c2nccn2-c2ccncc2)s1. The molecule has 0 saturated carbocycles. The second kappa shape index (κ2) is 4.66. The van der Waals surface area contributed by atoms with Gasteiger partial charge in [-0.3, -0.25) is 9.55 Å². The summed E-state index contributed by atoms with van der Waals surface area (Å²) >= 11 is 1.21. The van der Waals surface area contributed by atoms with Crippen molar-refractivity contribution in [1.82, 2.24) is 14.5 Å². The van der Waals surface area contributed by atoms with E-state index >= 15 is 0 Å². The number of carboxylic acids is 1. The first-order valence-corrected chi connectivity index (χ1v) is 6.34. The molecule has 19 heavy (non-hydrogen) atoms. The van der Waals surface area contributed by atoms with Crippen LogP contribution in [0.5, 0.6) is 0 Å². The Morgan fingerprint density at radius 1 is 1.16 bits per heavy atom. The third-order valence-corrected chi connectivity index (χ3v) is 3.69. The Balaban J connectivity index is 2.07. The number of carbonyl (C=O) groups is 1. The minimum atomic E-state index is -0.918. The van der Waals surface area contributed by atoms with E-state index in [-0.39, 0.29) is 0 Å². The van der Waals surface area contributed by atoms with Crippen molar-refractivity contribution in [2.45, 2.75) is 0 Å². The number of rotatable bonds is 3. The Morgan fingerprint density at radius 2 is 1.95 bits per heavy atom. The molecule has 3 aromatic rings. The molecule has 3 aromatic heterocycles. The number of aromatic nitrogens is 3. The fourth-order valence-electron chi connectivity index (χ4n) is 1.77. The highest BCUT2D eigenvalue weighted by atomic mass is 32.1. The van der Waals surface area contributed by atoms with Crippen molar-refractivity contribution in [3.8, 4) is 16.4 Å². The van der Waals surface area contributed by atoms with E-state index in [9.17, 15) is 4.79 Å². The molecule has 0 amide bonds. The molecule has 0 fully saturated rings. The average Bonchev–Trinajstić information content (AvgIpc) is 3.08. The fraction of sp³-hybridized carbons (Fsp3) is 0. The van der Waals surface area contributed by atoms with Gasteiger partial charge in [0.1, 0.15) is 4.88 Å². The van der Waals surface area contributed by atoms with E-state index in [1.54, 1.807) is 30.7 Å². The summed E-state index contributed by atoms with van der Waals surface area (Å²) in [7, 11) is 0. The van der Waals surface area contributed by atoms with Crippen molar-refractivity contribution in [2.75, 3.05) is 0 Å². The van der Waals surface area contributed by atoms with Crippen LogP contribution in [0.2, 0.25) is 0 Å². The van der Waals surface area contributed by atoms with Gasteiger partial charge in [0.05, 0.1) is 10.6 Å². The number of pyridine rings is 1. The van der Waals surface area contributed by atoms with E-state index in [1.807, 2.05) is 22.9 Å². The number of nitrogens with zero attached hydrogens (tertiary/aromatic N) is 3. The maximum absolute atomic E-state index is 10.9. The van der Waals surface area contributed by atoms with Crippen LogP contribution in [-0.4, -0.2) is 25.6 Å². The van der Waals surface area contributed by atoms with Crippen LogP contribution in [0.4, 0.5) is 0 Å². The number of hydrogen-bond donors (Lipinski definition) is 1. The van der Waals surface area contributed by atoms with E-state index in [1.165, 1.54) is 11.3 Å². The summed E-state index contributed by atoms with van der Waals surface area (Å²) in [6.07, 6.45) is 6.94. The Morgan fingerprint density at radius 3 is 2.63 bits per heavy atom. The lowest BCUT2D eigenvalue weighted by atomic mass is 10.3. The predicted octanol–water partition coefficient (Wildman–Crippen LogP) is 2.69. The molecule has 6 heteroatoms. The van der Waals surface area contributed by atoms with Crippen molar-refractivity contribution in [1.29, 1.82) is 0 Å². The monoisotopic (exact) mass is 271 g/mol. The average molecular weight is 271 g/mol. The number of carboxylic acid groups (broad SMARTS) is 1. The predicted molar refractivity (Wildman–Crippen MR) is 71.6 cm³/mol. The lowest BCUT2D eigenvalue weighted by Gasteiger charge is -2.05. The number of imidazole rings is 1. The minimum absolute atomic E-state index is 0.305. The molecule has 0 unspecified atom stereocenters. The summed E-state index contributed by atoms with van der Waals surface area (Å²) in [6, 6.07) is 7.11. The van der Waals surface area contributed by atoms with Gasteiger partial charge in [-0.1, -0.05) is 0 Å². The van der Waals surface area contributed by atoms with Crippen molar-refractivity contribution in [2.24, 2.45) is 0 Å². The molecule has 0 atom stereocenters. The van der Waals surface area contributed by atoms with Crippen LogP contribution in [-0.2, 0) is 0 Å². The van der Waals surface area contributed by atoms with Gasteiger partial charge in [0.25, 0.3) is 0 Å². The second-order valence-corrected chi connectivity index (χ2v) is 4.88. The van der Waals surface area contributed by atoms with E-state index in [0.717, 1.165) is 16.4 Å². The highest BCUT2D eigenvalue weighted by Crippen LogP contribution is 2.28. The summed E-state index contributed by atoms with van der Waals surface area (Å²) < 4.78 is 1.90. The maximum atomic E-state index is 10.9. The molecule has 3 rings (SSSR count). The molecule has 1 N–H and O–H groups in total. The number of thiophene rings is 1. The third-order valence-electron chi connectivity index (χ3n) is 2.62. The lowest BCUT2D eigenvalue weighted by Crippen LogP contribution is -1.95. The minimum Gasteiger partial charge on any atom is -0.477 e. The first-order chi connectivity index (χ1) is 9.25. The van der Waals surface area contributed by atoms with Crippen LogP contribution in [0, 0.1) is 0 Å². The Hall–Kier alpha value is -2.47. The summed E-state index contributed by atoms with van der Waals surface area (Å²) in [5.74, 6) is -0.193. The van der Waals surface area contributed by atoms with Gasteiger partial charge >= 0.3 is 5.97 Å². The fourth-order valence-corrected chi connectivity index (χ4v) is 2.61. The van der Waals surface area contributed by atoms with Crippen LogP contribution in [0.15, 0.2) is 49.1 Å².